The van der Waals surface area contributed by atoms with Gasteiger partial charge in [-0.1, -0.05) is 13.3 Å². The van der Waals surface area contributed by atoms with E-state index in [1.807, 2.05) is 0 Å². The van der Waals surface area contributed by atoms with E-state index in [9.17, 15) is 0 Å². The quantitative estimate of drug-likeness (QED) is 0.804. The van der Waals surface area contributed by atoms with Crippen LogP contribution in [-0.4, -0.2) is 27.9 Å². The van der Waals surface area contributed by atoms with Crippen molar-refractivity contribution in [1.29, 1.82) is 0 Å². The number of nitrogens with zero attached hydrogens (tertiary/aromatic N) is 3. The van der Waals surface area contributed by atoms with Gasteiger partial charge in [0.25, 0.3) is 0 Å². The van der Waals surface area contributed by atoms with Gasteiger partial charge in [-0.15, -0.1) is 5.10 Å². The zero-order valence-electron chi connectivity index (χ0n) is 10.2. The summed E-state index contributed by atoms with van der Waals surface area (Å²) in [5.74, 6) is 0.994. The average molecular weight is 240 g/mol. The zero-order valence-corrected chi connectivity index (χ0v) is 11.0. The van der Waals surface area contributed by atoms with Gasteiger partial charge in [-0.05, 0) is 38.4 Å². The number of aromatic amines is 1. The van der Waals surface area contributed by atoms with Crippen LogP contribution in [0.4, 0.5) is 5.95 Å². The topological polar surface area (TPSA) is 36.9 Å². The summed E-state index contributed by atoms with van der Waals surface area (Å²) >= 11 is 5.28. The van der Waals surface area contributed by atoms with Crippen LogP contribution in [0.1, 0.15) is 45.6 Å². The molecule has 4 nitrogen and oxygen atoms in total. The second-order valence-corrected chi connectivity index (χ2v) is 5.07. The van der Waals surface area contributed by atoms with E-state index in [4.69, 9.17) is 12.2 Å². The van der Waals surface area contributed by atoms with Gasteiger partial charge in [-0.2, -0.15) is 0 Å². The lowest BCUT2D eigenvalue weighted by Gasteiger charge is -2.25. The minimum Gasteiger partial charge on any atom is -0.341 e. The van der Waals surface area contributed by atoms with Crippen molar-refractivity contribution < 1.29 is 0 Å². The highest BCUT2D eigenvalue weighted by Gasteiger charge is 2.29. The van der Waals surface area contributed by atoms with Gasteiger partial charge in [-0.25, -0.2) is 5.10 Å². The highest BCUT2D eigenvalue weighted by atomic mass is 32.1. The van der Waals surface area contributed by atoms with Crippen LogP contribution in [0.5, 0.6) is 0 Å². The molecule has 1 heterocycles. The van der Waals surface area contributed by atoms with Crippen molar-refractivity contribution in [2.75, 3.05) is 11.9 Å². The van der Waals surface area contributed by atoms with Crippen LogP contribution in [0.25, 0.3) is 0 Å². The summed E-state index contributed by atoms with van der Waals surface area (Å²) in [5, 5.41) is 7.26. The second kappa shape index (κ2) is 4.57. The molecule has 5 heteroatoms. The lowest BCUT2D eigenvalue weighted by Crippen LogP contribution is -2.31. The SMILES string of the molecule is CCCC(C)N(C)c1n[nH]c(=S)n1C1CC1. The van der Waals surface area contributed by atoms with Crippen LogP contribution in [0, 0.1) is 4.77 Å². The highest BCUT2D eigenvalue weighted by Crippen LogP contribution is 2.37. The second-order valence-electron chi connectivity index (χ2n) is 4.68. The average Bonchev–Trinajstić information content (AvgIpc) is 3.02. The third kappa shape index (κ3) is 2.14. The summed E-state index contributed by atoms with van der Waals surface area (Å²) in [7, 11) is 2.10. The molecule has 90 valence electrons. The molecule has 1 aliphatic carbocycles. The summed E-state index contributed by atoms with van der Waals surface area (Å²) in [6, 6.07) is 1.09. The number of hydrogen-bond acceptors (Lipinski definition) is 3. The molecule has 0 aliphatic heterocycles. The van der Waals surface area contributed by atoms with Crippen molar-refractivity contribution in [3.63, 3.8) is 0 Å². The summed E-state index contributed by atoms with van der Waals surface area (Å²) in [5.41, 5.74) is 0. The summed E-state index contributed by atoms with van der Waals surface area (Å²) in [6.45, 7) is 4.45. The van der Waals surface area contributed by atoms with Gasteiger partial charge in [0.1, 0.15) is 0 Å². The zero-order chi connectivity index (χ0) is 11.7. The van der Waals surface area contributed by atoms with E-state index in [0.29, 0.717) is 12.1 Å². The van der Waals surface area contributed by atoms with Gasteiger partial charge < -0.3 is 4.90 Å². The first-order valence-corrected chi connectivity index (χ1v) is 6.45. The maximum atomic E-state index is 5.28. The van der Waals surface area contributed by atoms with Crippen LogP contribution in [0.3, 0.4) is 0 Å². The lowest BCUT2D eigenvalue weighted by molar-refractivity contribution is 0.586. The fourth-order valence-corrected chi connectivity index (χ4v) is 2.29. The molecular weight excluding hydrogens is 220 g/mol. The van der Waals surface area contributed by atoms with Crippen molar-refractivity contribution in [2.45, 2.75) is 51.6 Å². The maximum absolute atomic E-state index is 5.28. The Labute approximate surface area is 102 Å². The Kier molecular flexibility index (Phi) is 3.33. The molecule has 1 aromatic rings. The number of anilines is 1. The number of aromatic nitrogens is 3. The standard InChI is InChI=1S/C11H20N4S/c1-4-5-8(2)14(3)10-12-13-11(16)15(10)9-6-7-9/h8-9H,4-7H2,1-3H3,(H,13,16). The lowest BCUT2D eigenvalue weighted by atomic mass is 10.2. The number of nitrogens with one attached hydrogen (secondary N) is 1. The summed E-state index contributed by atoms with van der Waals surface area (Å²) in [4.78, 5) is 2.23. The first-order chi connectivity index (χ1) is 7.65. The molecule has 0 saturated heterocycles. The van der Waals surface area contributed by atoms with Crippen molar-refractivity contribution in [1.82, 2.24) is 14.8 Å². The van der Waals surface area contributed by atoms with Crippen LogP contribution < -0.4 is 4.90 Å². The van der Waals surface area contributed by atoms with Gasteiger partial charge in [-0.3, -0.25) is 4.57 Å². The molecule has 16 heavy (non-hydrogen) atoms. The third-order valence-electron chi connectivity index (χ3n) is 3.28. The predicted molar refractivity (Wildman–Crippen MR) is 68.5 cm³/mol. The van der Waals surface area contributed by atoms with Crippen molar-refractivity contribution in [3.8, 4) is 0 Å². The van der Waals surface area contributed by atoms with Gasteiger partial charge >= 0.3 is 0 Å². The van der Waals surface area contributed by atoms with Crippen LogP contribution in [0.2, 0.25) is 0 Å². The van der Waals surface area contributed by atoms with Crippen molar-refractivity contribution in [2.24, 2.45) is 0 Å². The number of H-pyrrole nitrogens is 1. The number of rotatable bonds is 5. The van der Waals surface area contributed by atoms with E-state index in [1.165, 1.54) is 25.7 Å². The normalized spacial score (nSPS) is 17.4. The molecule has 1 aromatic heterocycles. The van der Waals surface area contributed by atoms with Gasteiger partial charge in [0, 0.05) is 19.1 Å². The molecule has 0 amide bonds. The predicted octanol–water partition coefficient (Wildman–Crippen LogP) is 2.90. The van der Waals surface area contributed by atoms with E-state index in [2.05, 4.69) is 40.6 Å². The largest absolute Gasteiger partial charge is 0.341 e. The van der Waals surface area contributed by atoms with Crippen molar-refractivity contribution in [3.05, 3.63) is 4.77 Å². The van der Waals surface area contributed by atoms with E-state index < -0.39 is 0 Å². The van der Waals surface area contributed by atoms with Crippen molar-refractivity contribution >= 4 is 18.2 Å². The van der Waals surface area contributed by atoms with E-state index in [-0.39, 0.29) is 0 Å². The Morgan fingerprint density at radius 1 is 1.62 bits per heavy atom. The van der Waals surface area contributed by atoms with Crippen LogP contribution in [-0.2, 0) is 0 Å². The molecule has 1 aliphatic rings. The Morgan fingerprint density at radius 2 is 2.31 bits per heavy atom. The molecule has 1 N–H and O–H groups in total. The molecule has 1 saturated carbocycles. The molecular formula is C11H20N4S. The molecule has 1 atom stereocenters. The first-order valence-electron chi connectivity index (χ1n) is 6.04. The Hall–Kier alpha value is -0.840. The molecule has 1 fully saturated rings. The Morgan fingerprint density at radius 3 is 2.88 bits per heavy atom. The summed E-state index contributed by atoms with van der Waals surface area (Å²) < 4.78 is 2.93. The molecule has 2 rings (SSSR count). The molecule has 1 unspecified atom stereocenters. The monoisotopic (exact) mass is 240 g/mol. The Bertz CT molecular complexity index is 404. The minimum absolute atomic E-state index is 0.507. The third-order valence-corrected chi connectivity index (χ3v) is 3.57. The molecule has 0 radical (unpaired) electrons. The molecule has 0 aromatic carbocycles. The molecule has 0 spiro atoms. The van der Waals surface area contributed by atoms with Crippen LogP contribution >= 0.6 is 12.2 Å². The number of hydrogen-bond donors (Lipinski definition) is 1. The Balaban J connectivity index is 2.22. The van der Waals surface area contributed by atoms with Crippen LogP contribution in [0.15, 0.2) is 0 Å². The molecule has 0 bridgehead atoms. The summed E-state index contributed by atoms with van der Waals surface area (Å²) in [6.07, 6.45) is 4.84. The maximum Gasteiger partial charge on any atom is 0.225 e. The smallest absolute Gasteiger partial charge is 0.225 e. The van der Waals surface area contributed by atoms with E-state index >= 15 is 0 Å². The van der Waals surface area contributed by atoms with Gasteiger partial charge in [0.05, 0.1) is 0 Å². The fourth-order valence-electron chi connectivity index (χ4n) is 2.02. The fraction of sp³-hybridized carbons (Fsp3) is 0.818. The first kappa shape index (κ1) is 11.6. The minimum atomic E-state index is 0.507. The van der Waals surface area contributed by atoms with E-state index in [0.717, 1.165) is 10.7 Å². The highest BCUT2D eigenvalue weighted by molar-refractivity contribution is 7.71. The van der Waals surface area contributed by atoms with E-state index in [1.54, 1.807) is 0 Å². The van der Waals surface area contributed by atoms with Gasteiger partial charge in [0.2, 0.25) is 5.95 Å². The van der Waals surface area contributed by atoms with Gasteiger partial charge in [0.15, 0.2) is 4.77 Å².